The van der Waals surface area contributed by atoms with Crippen molar-refractivity contribution in [3.63, 3.8) is 0 Å². The molecule has 0 aliphatic carbocycles. The van der Waals surface area contributed by atoms with E-state index in [1.54, 1.807) is 4.90 Å². The van der Waals surface area contributed by atoms with E-state index in [4.69, 9.17) is 0 Å². The van der Waals surface area contributed by atoms with E-state index in [-0.39, 0.29) is 0 Å². The molecule has 0 radical (unpaired) electrons. The van der Waals surface area contributed by atoms with Crippen molar-refractivity contribution in [1.82, 2.24) is 0 Å². The quantitative estimate of drug-likeness (QED) is 0.155. The van der Waals surface area contributed by atoms with Gasteiger partial charge in [-0.1, -0.05) is 155 Å². The average molecular weight is 729 g/mol. The summed E-state index contributed by atoms with van der Waals surface area (Å²) in [4.78, 5) is 1.59. The molecule has 0 aromatic heterocycles. The van der Waals surface area contributed by atoms with Crippen molar-refractivity contribution in [1.29, 1.82) is 0 Å². The smallest absolute Gasteiger partial charge is 0.00199 e. The Kier molecular flexibility index (Phi) is 7.98. The van der Waals surface area contributed by atoms with Gasteiger partial charge in [-0.25, -0.2) is 10.0 Å². The van der Waals surface area contributed by atoms with Gasteiger partial charge in [-0.2, -0.15) is 0 Å². The molecule has 1 heterocycles. The highest BCUT2D eigenvalue weighted by molar-refractivity contribution is 8.36. The van der Waals surface area contributed by atoms with Gasteiger partial charge in [-0.05, 0) is 164 Å². The second kappa shape index (κ2) is 12.9. The Hall–Kier alpha value is -5.37. The molecule has 9 aromatic rings. The minimum absolute atomic E-state index is 0.679. The van der Waals surface area contributed by atoms with Crippen molar-refractivity contribution >= 4 is 63.9 Å². The van der Waals surface area contributed by atoms with Gasteiger partial charge in [0.1, 0.15) is 0 Å². The fourth-order valence-electron chi connectivity index (χ4n) is 10.6. The molecular formula is C54H48S. The minimum atomic E-state index is -0.875. The maximum atomic E-state index is 2.55. The van der Waals surface area contributed by atoms with Gasteiger partial charge in [0.25, 0.3) is 0 Å². The van der Waals surface area contributed by atoms with Crippen molar-refractivity contribution in [2.45, 2.75) is 68.6 Å². The Bertz CT molecular complexity index is 2980. The number of rotatable bonds is 5. The summed E-state index contributed by atoms with van der Waals surface area (Å²) in [6, 6.07) is 58.1. The third-order valence-corrected chi connectivity index (χ3v) is 18.9. The van der Waals surface area contributed by atoms with Gasteiger partial charge in [0.2, 0.25) is 0 Å². The topological polar surface area (TPSA) is 0 Å². The van der Waals surface area contributed by atoms with E-state index in [2.05, 4.69) is 193 Å². The molecule has 2 unspecified atom stereocenters. The van der Waals surface area contributed by atoms with Crippen LogP contribution < -0.4 is 0 Å². The lowest BCUT2D eigenvalue weighted by Gasteiger charge is -2.62. The summed E-state index contributed by atoms with van der Waals surface area (Å²) in [7, 11) is -0.875. The molecule has 10 rings (SSSR count). The first-order chi connectivity index (χ1) is 26.8. The normalized spacial score (nSPS) is 19.7. The molecule has 0 nitrogen and oxygen atoms in total. The fourth-order valence-corrected chi connectivity index (χ4v) is 16.2. The Labute approximate surface area is 327 Å². The highest BCUT2D eigenvalue weighted by Crippen LogP contribution is 2.75. The second-order valence-corrected chi connectivity index (χ2v) is 20.9. The lowest BCUT2D eigenvalue weighted by atomic mass is 9.82. The van der Waals surface area contributed by atoms with E-state index in [9.17, 15) is 0 Å². The molecule has 55 heavy (non-hydrogen) atoms. The van der Waals surface area contributed by atoms with Crippen LogP contribution in [0.5, 0.6) is 0 Å². The summed E-state index contributed by atoms with van der Waals surface area (Å²) in [6.45, 7) is 14.4. The zero-order valence-electron chi connectivity index (χ0n) is 32.8. The zero-order chi connectivity index (χ0) is 37.6. The van der Waals surface area contributed by atoms with Crippen LogP contribution in [-0.2, 0) is 0 Å². The Morgan fingerprint density at radius 3 is 1.47 bits per heavy atom. The molecule has 0 spiro atoms. The molecule has 1 heteroatoms. The van der Waals surface area contributed by atoms with Crippen LogP contribution in [0.3, 0.4) is 0 Å². The maximum Gasteiger partial charge on any atom is -0.00199 e. The first-order valence-electron chi connectivity index (χ1n) is 20.1. The molecule has 0 amide bonds. The van der Waals surface area contributed by atoms with Crippen molar-refractivity contribution in [2.75, 3.05) is 0 Å². The van der Waals surface area contributed by atoms with E-state index >= 15 is 0 Å². The monoisotopic (exact) mass is 728 g/mol. The van der Waals surface area contributed by atoms with Crippen LogP contribution in [0.15, 0.2) is 157 Å². The second-order valence-electron chi connectivity index (χ2n) is 16.4. The Morgan fingerprint density at radius 1 is 0.436 bits per heavy atom. The van der Waals surface area contributed by atoms with Crippen LogP contribution in [0.1, 0.15) is 45.2 Å². The molecular weight excluding hydrogens is 681 g/mol. The summed E-state index contributed by atoms with van der Waals surface area (Å²) in [6.07, 6.45) is 1.34. The number of fused-ring (bicyclic) bond motifs is 5. The minimum Gasteiger partial charge on any atom is -0.207 e. The van der Waals surface area contributed by atoms with E-state index in [1.165, 1.54) is 105 Å². The highest BCUT2D eigenvalue weighted by Gasteiger charge is 2.48. The van der Waals surface area contributed by atoms with E-state index in [0.29, 0.717) is 5.25 Å². The molecule has 0 N–H and O–H groups in total. The van der Waals surface area contributed by atoms with Crippen LogP contribution in [0.25, 0.3) is 87.2 Å². The van der Waals surface area contributed by atoms with Crippen LogP contribution in [0.2, 0.25) is 0 Å². The third-order valence-electron chi connectivity index (χ3n) is 13.2. The third kappa shape index (κ3) is 5.05. The molecule has 9 aromatic carbocycles. The molecule has 0 bridgehead atoms. The zero-order valence-corrected chi connectivity index (χ0v) is 33.6. The fraction of sp³-hybridized carbons (Fsp3) is 0.185. The van der Waals surface area contributed by atoms with Crippen LogP contribution in [0.4, 0.5) is 0 Å². The number of aryl methyl sites for hydroxylation is 2. The van der Waals surface area contributed by atoms with Gasteiger partial charge >= 0.3 is 0 Å². The van der Waals surface area contributed by atoms with E-state index in [1.807, 2.05) is 0 Å². The summed E-state index contributed by atoms with van der Waals surface area (Å²) >= 11 is 0. The standard InChI is InChI=1S/C54H48S/c1-33(2)55(36(5)29-37(55)6)42-25-23-38-21-22-39(30-41(38)31-42)40-24-28-51-52(32-40)54(50-27-20-35(4)44-14-8-10-16-46(44)50)48-18-12-11-17-47(48)53(51)49-26-19-34(3)43-13-7-9-15-45(43)49/h7-28,30-33,36-37H,29H2,1-6H3. The SMILES string of the molecule is Cc1ccc(-c2c3ccccc3c(-c3ccc(C)c4ccccc34)c3cc(-c4ccc5ccc(S6(C(C)C)C(C)CC6C)cc5c4)ccc23)c2ccccc12. The number of hydrogen-bond donors (Lipinski definition) is 0. The first-order valence-corrected chi connectivity index (χ1v) is 21.9. The van der Waals surface area contributed by atoms with E-state index in [0.717, 1.165) is 10.5 Å². The average Bonchev–Trinajstić information content (AvgIpc) is 3.20. The molecule has 1 saturated heterocycles. The number of benzene rings is 9. The summed E-state index contributed by atoms with van der Waals surface area (Å²) in [5, 5.41) is 15.3. The van der Waals surface area contributed by atoms with Crippen molar-refractivity contribution in [2.24, 2.45) is 0 Å². The largest absolute Gasteiger partial charge is 0.207 e. The lowest BCUT2D eigenvalue weighted by Crippen LogP contribution is -2.43. The van der Waals surface area contributed by atoms with Gasteiger partial charge in [0.05, 0.1) is 0 Å². The molecule has 2 atom stereocenters. The molecule has 270 valence electrons. The highest BCUT2D eigenvalue weighted by atomic mass is 32.3. The Morgan fingerprint density at radius 2 is 0.909 bits per heavy atom. The first kappa shape index (κ1) is 34.1. The molecule has 1 aliphatic rings. The summed E-state index contributed by atoms with van der Waals surface area (Å²) in [5.74, 6) is 0. The summed E-state index contributed by atoms with van der Waals surface area (Å²) < 4.78 is 0. The van der Waals surface area contributed by atoms with Gasteiger partial charge < -0.3 is 0 Å². The van der Waals surface area contributed by atoms with Crippen LogP contribution in [-0.4, -0.2) is 15.7 Å². The van der Waals surface area contributed by atoms with Gasteiger partial charge in [-0.3, -0.25) is 0 Å². The number of hydrogen-bond acceptors (Lipinski definition) is 0. The molecule has 0 saturated carbocycles. The predicted octanol–water partition coefficient (Wildman–Crippen LogP) is 15.8. The van der Waals surface area contributed by atoms with Gasteiger partial charge in [0, 0.05) is 0 Å². The van der Waals surface area contributed by atoms with Gasteiger partial charge in [-0.15, -0.1) is 0 Å². The van der Waals surface area contributed by atoms with Gasteiger partial charge in [0.15, 0.2) is 0 Å². The van der Waals surface area contributed by atoms with Crippen LogP contribution >= 0.6 is 10.0 Å². The van der Waals surface area contributed by atoms with E-state index < -0.39 is 10.0 Å². The molecule has 1 aliphatic heterocycles. The maximum absolute atomic E-state index is 2.55. The molecule has 1 fully saturated rings. The van der Waals surface area contributed by atoms with Crippen molar-refractivity contribution in [3.05, 3.63) is 163 Å². The van der Waals surface area contributed by atoms with Crippen molar-refractivity contribution in [3.8, 4) is 33.4 Å². The summed E-state index contributed by atoms with van der Waals surface area (Å²) in [5.41, 5.74) is 10.3. The predicted molar refractivity (Wildman–Crippen MR) is 244 cm³/mol. The Balaban J connectivity index is 1.27. The van der Waals surface area contributed by atoms with Crippen molar-refractivity contribution < 1.29 is 0 Å². The van der Waals surface area contributed by atoms with Crippen LogP contribution in [0, 0.1) is 13.8 Å². The lowest BCUT2D eigenvalue weighted by molar-refractivity contribution is 0.690.